The molecule has 2 aromatic rings. The van der Waals surface area contributed by atoms with Gasteiger partial charge in [0.2, 0.25) is 0 Å². The molecule has 100 valence electrons. The molecule has 0 saturated carbocycles. The molecular weight excluding hydrogens is 310 g/mol. The van der Waals surface area contributed by atoms with E-state index in [0.29, 0.717) is 12.1 Å². The molecule has 1 N–H and O–H groups in total. The highest BCUT2D eigenvalue weighted by Crippen LogP contribution is 2.21. The first-order chi connectivity index (χ1) is 9.04. The molecule has 0 saturated heterocycles. The zero-order valence-corrected chi connectivity index (χ0v) is 12.3. The number of benzene rings is 1. The number of carbonyl (C=O) groups is 1. The van der Waals surface area contributed by atoms with Gasteiger partial charge in [-0.15, -0.1) is 5.10 Å². The van der Waals surface area contributed by atoms with Gasteiger partial charge in [0.05, 0.1) is 11.4 Å². The lowest BCUT2D eigenvalue weighted by atomic mass is 10.2. The van der Waals surface area contributed by atoms with Gasteiger partial charge in [-0.25, -0.2) is 9.48 Å². The van der Waals surface area contributed by atoms with Crippen LogP contribution in [0.3, 0.4) is 0 Å². The van der Waals surface area contributed by atoms with Crippen LogP contribution in [-0.4, -0.2) is 26.1 Å². The minimum atomic E-state index is -1.04. The zero-order valence-electron chi connectivity index (χ0n) is 10.7. The van der Waals surface area contributed by atoms with Crippen molar-refractivity contribution in [3.8, 4) is 5.69 Å². The Labute approximate surface area is 119 Å². The summed E-state index contributed by atoms with van der Waals surface area (Å²) >= 11 is 3.44. The molecule has 0 spiro atoms. The van der Waals surface area contributed by atoms with Gasteiger partial charge in [0.25, 0.3) is 0 Å². The van der Waals surface area contributed by atoms with E-state index in [9.17, 15) is 4.79 Å². The largest absolute Gasteiger partial charge is 0.476 e. The Bertz CT molecular complexity index is 622. The van der Waals surface area contributed by atoms with Crippen molar-refractivity contribution in [1.82, 2.24) is 15.0 Å². The Balaban J connectivity index is 2.55. The van der Waals surface area contributed by atoms with E-state index in [1.54, 1.807) is 4.68 Å². The summed E-state index contributed by atoms with van der Waals surface area (Å²) < 4.78 is 2.61. The zero-order chi connectivity index (χ0) is 14.0. The molecule has 0 amide bonds. The van der Waals surface area contributed by atoms with E-state index in [1.165, 1.54) is 0 Å². The molecule has 0 aliphatic rings. The molecule has 6 heteroatoms. The van der Waals surface area contributed by atoms with E-state index < -0.39 is 5.97 Å². The van der Waals surface area contributed by atoms with E-state index in [1.807, 2.05) is 32.0 Å². The molecule has 0 atom stereocenters. The van der Waals surface area contributed by atoms with Crippen LogP contribution < -0.4 is 0 Å². The van der Waals surface area contributed by atoms with E-state index >= 15 is 0 Å². The summed E-state index contributed by atoms with van der Waals surface area (Å²) in [6.07, 6.45) is 1.47. The highest BCUT2D eigenvalue weighted by Gasteiger charge is 2.19. The van der Waals surface area contributed by atoms with Gasteiger partial charge < -0.3 is 5.11 Å². The lowest BCUT2D eigenvalue weighted by Gasteiger charge is -2.07. The van der Waals surface area contributed by atoms with Crippen molar-refractivity contribution >= 4 is 21.9 Å². The normalized spacial score (nSPS) is 10.7. The number of hydrogen-bond donors (Lipinski definition) is 1. The molecule has 0 bridgehead atoms. The molecule has 5 nitrogen and oxygen atoms in total. The maximum absolute atomic E-state index is 11.1. The molecular formula is C13H14BrN3O2. The van der Waals surface area contributed by atoms with E-state index in [4.69, 9.17) is 5.11 Å². The first-order valence-corrected chi connectivity index (χ1v) is 6.78. The lowest BCUT2D eigenvalue weighted by Crippen LogP contribution is -2.07. The van der Waals surface area contributed by atoms with Crippen LogP contribution in [0.1, 0.15) is 35.1 Å². The van der Waals surface area contributed by atoms with Crippen molar-refractivity contribution in [2.75, 3.05) is 0 Å². The Morgan fingerprint density at radius 2 is 2.21 bits per heavy atom. The monoisotopic (exact) mass is 323 g/mol. The average molecular weight is 324 g/mol. The maximum Gasteiger partial charge on any atom is 0.358 e. The standard InChI is InChI=1S/C13H14BrN3O2/c1-3-4-11-12(13(18)19)15-16-17(11)9-5-6-10(14)8(2)7-9/h5-7H,3-4H2,1-2H3,(H,18,19). The smallest absolute Gasteiger partial charge is 0.358 e. The Morgan fingerprint density at radius 1 is 1.47 bits per heavy atom. The SMILES string of the molecule is CCCc1c(C(=O)O)nnn1-c1ccc(Br)c(C)c1. The van der Waals surface area contributed by atoms with Gasteiger partial charge >= 0.3 is 5.97 Å². The minimum Gasteiger partial charge on any atom is -0.476 e. The van der Waals surface area contributed by atoms with Gasteiger partial charge in [-0.3, -0.25) is 0 Å². The van der Waals surface area contributed by atoms with Gasteiger partial charge in [0, 0.05) is 4.47 Å². The number of nitrogens with zero attached hydrogens (tertiary/aromatic N) is 3. The number of aromatic carboxylic acids is 1. The van der Waals surface area contributed by atoms with Crippen LogP contribution in [0, 0.1) is 6.92 Å². The second-order valence-corrected chi connectivity index (χ2v) is 5.14. The Morgan fingerprint density at radius 3 is 2.79 bits per heavy atom. The highest BCUT2D eigenvalue weighted by molar-refractivity contribution is 9.10. The molecule has 0 unspecified atom stereocenters. The Kier molecular flexibility index (Phi) is 3.99. The van der Waals surface area contributed by atoms with Gasteiger partial charge in [-0.05, 0) is 37.1 Å². The number of carboxylic acid groups (broad SMARTS) is 1. The van der Waals surface area contributed by atoms with Crippen LogP contribution in [0.5, 0.6) is 0 Å². The quantitative estimate of drug-likeness (QED) is 0.939. The number of carboxylic acids is 1. The van der Waals surface area contributed by atoms with Crippen molar-refractivity contribution in [2.24, 2.45) is 0 Å². The maximum atomic E-state index is 11.1. The van der Waals surface area contributed by atoms with E-state index in [2.05, 4.69) is 26.2 Å². The fourth-order valence-electron chi connectivity index (χ4n) is 1.90. The molecule has 1 aromatic heterocycles. The highest BCUT2D eigenvalue weighted by atomic mass is 79.9. The second-order valence-electron chi connectivity index (χ2n) is 4.29. The number of hydrogen-bond acceptors (Lipinski definition) is 3. The summed E-state index contributed by atoms with van der Waals surface area (Å²) in [5.41, 5.74) is 2.55. The topological polar surface area (TPSA) is 68.0 Å². The van der Waals surface area contributed by atoms with Crippen LogP contribution in [0.4, 0.5) is 0 Å². The molecule has 0 aliphatic heterocycles. The van der Waals surface area contributed by atoms with Gasteiger partial charge in [0.1, 0.15) is 0 Å². The minimum absolute atomic E-state index is 0.0300. The summed E-state index contributed by atoms with van der Waals surface area (Å²) in [5.74, 6) is -1.04. The van der Waals surface area contributed by atoms with Gasteiger partial charge in [-0.1, -0.05) is 34.5 Å². The molecule has 2 rings (SSSR count). The number of aryl methyl sites for hydroxylation is 1. The third-order valence-electron chi connectivity index (χ3n) is 2.84. The fraction of sp³-hybridized carbons (Fsp3) is 0.308. The van der Waals surface area contributed by atoms with Gasteiger partial charge in [0.15, 0.2) is 5.69 Å². The summed E-state index contributed by atoms with van der Waals surface area (Å²) in [6.45, 7) is 3.97. The first-order valence-electron chi connectivity index (χ1n) is 5.99. The van der Waals surface area contributed by atoms with Crippen LogP contribution >= 0.6 is 15.9 Å². The Hall–Kier alpha value is -1.69. The van der Waals surface area contributed by atoms with Crippen molar-refractivity contribution in [3.05, 3.63) is 39.6 Å². The van der Waals surface area contributed by atoms with Crippen LogP contribution in [0.2, 0.25) is 0 Å². The molecule has 0 radical (unpaired) electrons. The van der Waals surface area contributed by atoms with Crippen molar-refractivity contribution < 1.29 is 9.90 Å². The van der Waals surface area contributed by atoms with Crippen LogP contribution in [0.15, 0.2) is 22.7 Å². The van der Waals surface area contributed by atoms with E-state index in [0.717, 1.165) is 22.1 Å². The fourth-order valence-corrected chi connectivity index (χ4v) is 2.14. The summed E-state index contributed by atoms with van der Waals surface area (Å²) in [5, 5.41) is 16.9. The lowest BCUT2D eigenvalue weighted by molar-refractivity contribution is 0.0689. The summed E-state index contributed by atoms with van der Waals surface area (Å²) in [6, 6.07) is 5.75. The first kappa shape index (κ1) is 13.7. The van der Waals surface area contributed by atoms with Crippen molar-refractivity contribution in [2.45, 2.75) is 26.7 Å². The summed E-state index contributed by atoms with van der Waals surface area (Å²) in [7, 11) is 0. The van der Waals surface area contributed by atoms with Crippen molar-refractivity contribution in [3.63, 3.8) is 0 Å². The predicted octanol–water partition coefficient (Wildman–Crippen LogP) is 2.99. The number of aromatic nitrogens is 3. The molecule has 0 fully saturated rings. The average Bonchev–Trinajstić information content (AvgIpc) is 2.77. The van der Waals surface area contributed by atoms with Crippen LogP contribution in [0.25, 0.3) is 5.69 Å². The predicted molar refractivity (Wildman–Crippen MR) is 74.8 cm³/mol. The number of rotatable bonds is 4. The summed E-state index contributed by atoms with van der Waals surface area (Å²) in [4.78, 5) is 11.1. The van der Waals surface area contributed by atoms with Gasteiger partial charge in [-0.2, -0.15) is 0 Å². The van der Waals surface area contributed by atoms with Crippen LogP contribution in [-0.2, 0) is 6.42 Å². The molecule has 1 aromatic carbocycles. The second kappa shape index (κ2) is 5.52. The molecule has 19 heavy (non-hydrogen) atoms. The molecule has 0 aliphatic carbocycles. The third-order valence-corrected chi connectivity index (χ3v) is 3.73. The van der Waals surface area contributed by atoms with Crippen molar-refractivity contribution in [1.29, 1.82) is 0 Å². The van der Waals surface area contributed by atoms with E-state index in [-0.39, 0.29) is 5.69 Å². The third kappa shape index (κ3) is 2.68. The number of halogens is 1. The molecule has 1 heterocycles.